The molecule has 0 bridgehead atoms. The Morgan fingerprint density at radius 2 is 1.83 bits per heavy atom. The van der Waals surface area contributed by atoms with Crippen LogP contribution in [-0.4, -0.2) is 29.3 Å². The van der Waals surface area contributed by atoms with Crippen molar-refractivity contribution in [2.24, 2.45) is 5.10 Å². The number of carbonyl (C=O) groups excluding carboxylic acids is 1. The zero-order valence-corrected chi connectivity index (χ0v) is 20.0. The van der Waals surface area contributed by atoms with Crippen LogP contribution < -0.4 is 14.5 Å². The Morgan fingerprint density at radius 1 is 1.06 bits per heavy atom. The van der Waals surface area contributed by atoms with Crippen LogP contribution in [0.15, 0.2) is 77.4 Å². The number of anilines is 1. The summed E-state index contributed by atoms with van der Waals surface area (Å²) in [5, 5.41) is 15.5. The number of amides is 1. The summed E-state index contributed by atoms with van der Waals surface area (Å²) in [6.45, 7) is 4.42. The molecule has 1 heterocycles. The first-order valence-electron chi connectivity index (χ1n) is 10.9. The molecule has 1 N–H and O–H groups in total. The Kier molecular flexibility index (Phi) is 7.17. The predicted molar refractivity (Wildman–Crippen MR) is 135 cm³/mol. The number of carbonyl (C=O) groups is 2. The Hall–Kier alpha value is -4.10. The second-order valence-corrected chi connectivity index (χ2v) is 8.21. The summed E-state index contributed by atoms with van der Waals surface area (Å²) >= 11 is 5.94. The SMILES string of the molecule is CCOc1cc(/C=C2\C(=O)N(c3cccc(C(=O)O)c3)N=C2C)ccc1OCc1ccc(Cl)cc1. The summed E-state index contributed by atoms with van der Waals surface area (Å²) in [5.41, 5.74) is 3.11. The molecular weight excluding hydrogens is 468 g/mol. The number of ether oxygens (including phenoxy) is 2. The maximum absolute atomic E-state index is 13.1. The second kappa shape index (κ2) is 10.4. The van der Waals surface area contributed by atoms with Crippen molar-refractivity contribution in [3.8, 4) is 11.5 Å². The van der Waals surface area contributed by atoms with Crippen LogP contribution in [-0.2, 0) is 11.4 Å². The van der Waals surface area contributed by atoms with Gasteiger partial charge >= 0.3 is 5.97 Å². The van der Waals surface area contributed by atoms with Gasteiger partial charge in [0.15, 0.2) is 11.5 Å². The molecule has 0 fully saturated rings. The molecule has 1 amide bonds. The van der Waals surface area contributed by atoms with Crippen molar-refractivity contribution < 1.29 is 24.2 Å². The fraction of sp³-hybridized carbons (Fsp3) is 0.148. The van der Waals surface area contributed by atoms with Crippen LogP contribution in [0.1, 0.15) is 35.3 Å². The lowest BCUT2D eigenvalue weighted by Gasteiger charge is -2.13. The zero-order valence-electron chi connectivity index (χ0n) is 19.2. The molecule has 35 heavy (non-hydrogen) atoms. The molecule has 0 aliphatic carbocycles. The molecule has 1 aliphatic heterocycles. The van der Waals surface area contributed by atoms with Gasteiger partial charge in [0.1, 0.15) is 6.61 Å². The third kappa shape index (κ3) is 5.53. The quantitative estimate of drug-likeness (QED) is 0.402. The van der Waals surface area contributed by atoms with Crippen LogP contribution in [0.4, 0.5) is 5.69 Å². The van der Waals surface area contributed by atoms with Gasteiger partial charge in [0.05, 0.1) is 29.1 Å². The van der Waals surface area contributed by atoms with Gasteiger partial charge in [-0.2, -0.15) is 10.1 Å². The molecule has 0 saturated heterocycles. The minimum Gasteiger partial charge on any atom is -0.490 e. The minimum absolute atomic E-state index is 0.0797. The van der Waals surface area contributed by atoms with Gasteiger partial charge in [-0.3, -0.25) is 4.79 Å². The fourth-order valence-electron chi connectivity index (χ4n) is 3.54. The van der Waals surface area contributed by atoms with Crippen LogP contribution in [0, 0.1) is 0 Å². The number of benzene rings is 3. The number of hydrazone groups is 1. The van der Waals surface area contributed by atoms with Crippen molar-refractivity contribution in [3.63, 3.8) is 0 Å². The van der Waals surface area contributed by atoms with Gasteiger partial charge < -0.3 is 14.6 Å². The topological polar surface area (TPSA) is 88.4 Å². The maximum Gasteiger partial charge on any atom is 0.335 e. The number of carboxylic acids is 1. The first kappa shape index (κ1) is 24.0. The number of hydrogen-bond donors (Lipinski definition) is 1. The van der Waals surface area contributed by atoms with Gasteiger partial charge in [-0.1, -0.05) is 35.9 Å². The highest BCUT2D eigenvalue weighted by Gasteiger charge is 2.29. The predicted octanol–water partition coefficient (Wildman–Crippen LogP) is 5.82. The lowest BCUT2D eigenvalue weighted by molar-refractivity contribution is -0.114. The summed E-state index contributed by atoms with van der Waals surface area (Å²) in [6.07, 6.45) is 1.73. The molecule has 0 atom stereocenters. The van der Waals surface area contributed by atoms with E-state index in [4.69, 9.17) is 21.1 Å². The molecule has 0 aromatic heterocycles. The van der Waals surface area contributed by atoms with Gasteiger partial charge in [0.2, 0.25) is 0 Å². The van der Waals surface area contributed by atoms with Crippen molar-refractivity contribution in [2.75, 3.05) is 11.6 Å². The van der Waals surface area contributed by atoms with E-state index >= 15 is 0 Å². The average molecular weight is 491 g/mol. The Balaban J connectivity index is 1.56. The molecule has 0 saturated carbocycles. The van der Waals surface area contributed by atoms with E-state index in [0.717, 1.165) is 11.1 Å². The monoisotopic (exact) mass is 490 g/mol. The number of aromatic carboxylic acids is 1. The van der Waals surface area contributed by atoms with Gasteiger partial charge in [-0.15, -0.1) is 0 Å². The van der Waals surface area contributed by atoms with Gasteiger partial charge in [-0.25, -0.2) is 4.79 Å². The van der Waals surface area contributed by atoms with Gasteiger partial charge in [0, 0.05) is 5.02 Å². The Bertz CT molecular complexity index is 1330. The molecule has 4 rings (SSSR count). The molecule has 3 aromatic carbocycles. The smallest absolute Gasteiger partial charge is 0.335 e. The Morgan fingerprint density at radius 3 is 2.54 bits per heavy atom. The minimum atomic E-state index is -1.07. The second-order valence-electron chi connectivity index (χ2n) is 7.77. The van der Waals surface area contributed by atoms with E-state index in [2.05, 4.69) is 5.10 Å². The highest BCUT2D eigenvalue weighted by molar-refractivity contribution is 6.32. The zero-order chi connectivity index (χ0) is 24.9. The first-order chi connectivity index (χ1) is 16.9. The lowest BCUT2D eigenvalue weighted by atomic mass is 10.1. The standard InChI is InChI=1S/C27H23ClN2O5/c1-3-34-25-14-19(9-12-24(25)35-16-18-7-10-21(28)11-8-18)13-23-17(2)29-30(26(23)31)22-6-4-5-20(15-22)27(32)33/h4-15H,3,16H2,1-2H3,(H,32,33)/b23-13-. The highest BCUT2D eigenvalue weighted by atomic mass is 35.5. The fourth-order valence-corrected chi connectivity index (χ4v) is 3.67. The molecule has 1 aliphatic rings. The van der Waals surface area contributed by atoms with E-state index in [-0.39, 0.29) is 11.5 Å². The van der Waals surface area contributed by atoms with Crippen LogP contribution in [0.5, 0.6) is 11.5 Å². The molecular formula is C27H23ClN2O5. The molecule has 8 heteroatoms. The van der Waals surface area contributed by atoms with E-state index < -0.39 is 5.97 Å². The molecule has 0 radical (unpaired) electrons. The van der Waals surface area contributed by atoms with Crippen LogP contribution in [0.25, 0.3) is 6.08 Å². The molecule has 3 aromatic rings. The molecule has 7 nitrogen and oxygen atoms in total. The van der Waals surface area contributed by atoms with E-state index in [1.807, 2.05) is 43.3 Å². The van der Waals surface area contributed by atoms with Crippen LogP contribution in [0.2, 0.25) is 5.02 Å². The number of hydrogen-bond acceptors (Lipinski definition) is 5. The van der Waals surface area contributed by atoms with E-state index in [0.29, 0.717) is 46.7 Å². The number of nitrogens with zero attached hydrogens (tertiary/aromatic N) is 2. The van der Waals surface area contributed by atoms with E-state index in [1.54, 1.807) is 31.2 Å². The molecule has 0 unspecified atom stereocenters. The number of carboxylic acid groups (broad SMARTS) is 1. The summed E-state index contributed by atoms with van der Waals surface area (Å²) in [5.74, 6) is -0.274. The van der Waals surface area contributed by atoms with E-state index in [1.165, 1.54) is 17.1 Å². The number of halogens is 1. The van der Waals surface area contributed by atoms with Crippen molar-refractivity contribution in [2.45, 2.75) is 20.5 Å². The molecule has 0 spiro atoms. The highest BCUT2D eigenvalue weighted by Crippen LogP contribution is 2.32. The maximum atomic E-state index is 13.1. The first-order valence-corrected chi connectivity index (χ1v) is 11.3. The van der Waals surface area contributed by atoms with E-state index in [9.17, 15) is 14.7 Å². The number of rotatable bonds is 8. The third-order valence-electron chi connectivity index (χ3n) is 5.29. The van der Waals surface area contributed by atoms with Crippen molar-refractivity contribution in [1.29, 1.82) is 0 Å². The van der Waals surface area contributed by atoms with Crippen molar-refractivity contribution in [1.82, 2.24) is 0 Å². The third-order valence-corrected chi connectivity index (χ3v) is 5.54. The summed E-state index contributed by atoms with van der Waals surface area (Å²) < 4.78 is 11.7. The van der Waals surface area contributed by atoms with Gasteiger partial charge in [-0.05, 0) is 73.5 Å². The van der Waals surface area contributed by atoms with Crippen LogP contribution >= 0.6 is 11.6 Å². The van der Waals surface area contributed by atoms with Gasteiger partial charge in [0.25, 0.3) is 5.91 Å². The Labute approximate surface area is 207 Å². The summed E-state index contributed by atoms with van der Waals surface area (Å²) in [7, 11) is 0. The summed E-state index contributed by atoms with van der Waals surface area (Å²) in [6, 6.07) is 19.0. The average Bonchev–Trinajstić information content (AvgIpc) is 3.13. The van der Waals surface area contributed by atoms with Crippen molar-refractivity contribution in [3.05, 3.63) is 94.0 Å². The largest absolute Gasteiger partial charge is 0.490 e. The molecule has 178 valence electrons. The lowest BCUT2D eigenvalue weighted by Crippen LogP contribution is -2.21. The normalized spacial score (nSPS) is 14.3. The van der Waals surface area contributed by atoms with Crippen molar-refractivity contribution >= 4 is 41.0 Å². The van der Waals surface area contributed by atoms with Crippen LogP contribution in [0.3, 0.4) is 0 Å². The summed E-state index contributed by atoms with van der Waals surface area (Å²) in [4.78, 5) is 24.4.